The lowest BCUT2D eigenvalue weighted by molar-refractivity contribution is -0.156. The summed E-state index contributed by atoms with van der Waals surface area (Å²) in [5.41, 5.74) is 0.199. The van der Waals surface area contributed by atoms with E-state index in [2.05, 4.69) is 0 Å². The standard InChI is InChI=1S/C12H12O8/c13-6(14)2-4-3-1-5(7(4)10(15)16)9(12(19)20)8(3)11(17)18/h5,7-9H,1-2H2,(H,13,14)(H,15,16)(H,17,18)(H,19,20). The third-order valence-electron chi connectivity index (χ3n) is 4.03. The molecule has 20 heavy (non-hydrogen) atoms. The van der Waals surface area contributed by atoms with E-state index in [1.54, 1.807) is 0 Å². The van der Waals surface area contributed by atoms with Crippen LogP contribution in [0.2, 0.25) is 0 Å². The lowest BCUT2D eigenvalue weighted by Crippen LogP contribution is -2.39. The summed E-state index contributed by atoms with van der Waals surface area (Å²) in [6, 6.07) is 0. The van der Waals surface area contributed by atoms with Crippen molar-refractivity contribution in [1.82, 2.24) is 0 Å². The smallest absolute Gasteiger partial charge is 0.311 e. The molecule has 0 aliphatic heterocycles. The van der Waals surface area contributed by atoms with Gasteiger partial charge in [-0.1, -0.05) is 5.57 Å². The van der Waals surface area contributed by atoms with E-state index < -0.39 is 54.0 Å². The van der Waals surface area contributed by atoms with Gasteiger partial charge in [-0.3, -0.25) is 19.2 Å². The number of rotatable bonds is 5. The predicted octanol–water partition coefficient (Wildman–Crippen LogP) is -0.106. The Morgan fingerprint density at radius 3 is 1.85 bits per heavy atom. The van der Waals surface area contributed by atoms with Gasteiger partial charge in [-0.25, -0.2) is 0 Å². The first kappa shape index (κ1) is 14.0. The second-order valence-corrected chi connectivity index (χ2v) is 4.98. The molecule has 0 aromatic rings. The van der Waals surface area contributed by atoms with E-state index in [0.717, 1.165) is 0 Å². The van der Waals surface area contributed by atoms with E-state index in [1.807, 2.05) is 0 Å². The van der Waals surface area contributed by atoms with Gasteiger partial charge in [-0.05, 0) is 17.9 Å². The maximum atomic E-state index is 11.3. The lowest BCUT2D eigenvalue weighted by Gasteiger charge is -2.28. The Bertz CT molecular complexity index is 546. The van der Waals surface area contributed by atoms with Gasteiger partial charge in [-0.15, -0.1) is 0 Å². The minimum atomic E-state index is -1.36. The van der Waals surface area contributed by atoms with Gasteiger partial charge in [0.1, 0.15) is 0 Å². The van der Waals surface area contributed by atoms with Crippen LogP contribution in [0.25, 0.3) is 0 Å². The van der Waals surface area contributed by atoms with Gasteiger partial charge in [0.05, 0.1) is 24.2 Å². The van der Waals surface area contributed by atoms with Crippen LogP contribution < -0.4 is 0 Å². The molecule has 1 fully saturated rings. The molecule has 0 spiro atoms. The highest BCUT2D eigenvalue weighted by molar-refractivity contribution is 5.89. The molecule has 2 aliphatic carbocycles. The third-order valence-corrected chi connectivity index (χ3v) is 4.03. The minimum Gasteiger partial charge on any atom is -0.481 e. The molecule has 0 aromatic heterocycles. The summed E-state index contributed by atoms with van der Waals surface area (Å²) in [5, 5.41) is 36.3. The number of carboxylic acid groups (broad SMARTS) is 4. The van der Waals surface area contributed by atoms with Crippen molar-refractivity contribution in [3.05, 3.63) is 11.1 Å². The first-order chi connectivity index (χ1) is 9.25. The van der Waals surface area contributed by atoms with Gasteiger partial charge >= 0.3 is 23.9 Å². The van der Waals surface area contributed by atoms with E-state index in [9.17, 15) is 24.3 Å². The molecule has 2 aliphatic rings. The Kier molecular flexibility index (Phi) is 3.24. The molecule has 4 unspecified atom stereocenters. The van der Waals surface area contributed by atoms with Crippen LogP contribution in [-0.4, -0.2) is 44.3 Å². The summed E-state index contributed by atoms with van der Waals surface area (Å²) in [5.74, 6) is -10.1. The second kappa shape index (κ2) is 4.62. The molecular formula is C12H12O8. The van der Waals surface area contributed by atoms with Gasteiger partial charge in [-0.2, -0.15) is 0 Å². The monoisotopic (exact) mass is 284 g/mol. The zero-order valence-electron chi connectivity index (χ0n) is 10.1. The zero-order chi connectivity index (χ0) is 15.2. The van der Waals surface area contributed by atoms with E-state index in [-0.39, 0.29) is 17.6 Å². The molecule has 2 bridgehead atoms. The molecule has 0 amide bonds. The van der Waals surface area contributed by atoms with Crippen LogP contribution in [0, 0.1) is 23.7 Å². The summed E-state index contributed by atoms with van der Waals surface area (Å²) >= 11 is 0. The summed E-state index contributed by atoms with van der Waals surface area (Å²) < 4.78 is 0. The van der Waals surface area contributed by atoms with Crippen molar-refractivity contribution in [1.29, 1.82) is 0 Å². The highest BCUT2D eigenvalue weighted by atomic mass is 16.4. The number of carbonyl (C=O) groups is 4. The first-order valence-corrected chi connectivity index (χ1v) is 5.87. The van der Waals surface area contributed by atoms with Crippen molar-refractivity contribution in [2.24, 2.45) is 23.7 Å². The van der Waals surface area contributed by atoms with Crippen LogP contribution in [-0.2, 0) is 19.2 Å². The molecule has 0 saturated heterocycles. The van der Waals surface area contributed by atoms with Crippen molar-refractivity contribution in [2.45, 2.75) is 12.8 Å². The Labute approximate surface area is 112 Å². The van der Waals surface area contributed by atoms with E-state index in [0.29, 0.717) is 0 Å². The summed E-state index contributed by atoms with van der Waals surface area (Å²) in [4.78, 5) is 44.5. The lowest BCUT2D eigenvalue weighted by atomic mass is 9.73. The first-order valence-electron chi connectivity index (χ1n) is 5.87. The highest BCUT2D eigenvalue weighted by Gasteiger charge is 2.59. The predicted molar refractivity (Wildman–Crippen MR) is 60.8 cm³/mol. The van der Waals surface area contributed by atoms with Crippen molar-refractivity contribution in [2.75, 3.05) is 0 Å². The summed E-state index contributed by atoms with van der Waals surface area (Å²) in [6.45, 7) is 0. The Morgan fingerprint density at radius 1 is 0.900 bits per heavy atom. The van der Waals surface area contributed by atoms with E-state index in [1.165, 1.54) is 0 Å². The SMILES string of the molecule is O=C(O)CC1=C2CC(C1C(=O)O)C(C(=O)O)C2C(=O)O. The fourth-order valence-electron chi connectivity index (χ4n) is 3.43. The molecule has 2 rings (SSSR count). The zero-order valence-corrected chi connectivity index (χ0v) is 10.1. The molecule has 8 heteroatoms. The van der Waals surface area contributed by atoms with Crippen LogP contribution >= 0.6 is 0 Å². The van der Waals surface area contributed by atoms with Crippen LogP contribution in [0.1, 0.15) is 12.8 Å². The molecular weight excluding hydrogens is 272 g/mol. The highest BCUT2D eigenvalue weighted by Crippen LogP contribution is 2.56. The number of carboxylic acids is 4. The third kappa shape index (κ3) is 1.93. The summed E-state index contributed by atoms with van der Waals surface area (Å²) in [7, 11) is 0. The Morgan fingerprint density at radius 2 is 1.45 bits per heavy atom. The van der Waals surface area contributed by atoms with Crippen LogP contribution in [0.4, 0.5) is 0 Å². The van der Waals surface area contributed by atoms with Gasteiger partial charge in [0.25, 0.3) is 0 Å². The van der Waals surface area contributed by atoms with Crippen LogP contribution in [0.5, 0.6) is 0 Å². The second-order valence-electron chi connectivity index (χ2n) is 4.98. The normalized spacial score (nSPS) is 31.4. The van der Waals surface area contributed by atoms with Crippen molar-refractivity contribution >= 4 is 23.9 Å². The summed E-state index contributed by atoms with van der Waals surface area (Å²) in [6.07, 6.45) is -0.549. The van der Waals surface area contributed by atoms with E-state index >= 15 is 0 Å². The van der Waals surface area contributed by atoms with Gasteiger partial charge in [0.15, 0.2) is 0 Å². The van der Waals surface area contributed by atoms with Gasteiger partial charge < -0.3 is 20.4 Å². The van der Waals surface area contributed by atoms with Crippen LogP contribution in [0.15, 0.2) is 11.1 Å². The minimum absolute atomic E-state index is 0.0213. The average Bonchev–Trinajstić information content (AvgIpc) is 2.81. The topological polar surface area (TPSA) is 149 Å². The maximum absolute atomic E-state index is 11.3. The fraction of sp³-hybridized carbons (Fsp3) is 0.500. The molecule has 0 heterocycles. The molecule has 8 nitrogen and oxygen atoms in total. The fourth-order valence-corrected chi connectivity index (χ4v) is 3.43. The van der Waals surface area contributed by atoms with Crippen LogP contribution in [0.3, 0.4) is 0 Å². The quantitative estimate of drug-likeness (QED) is 0.511. The van der Waals surface area contributed by atoms with Crippen molar-refractivity contribution < 1.29 is 39.6 Å². The number of aliphatic carboxylic acids is 4. The van der Waals surface area contributed by atoms with Crippen molar-refractivity contribution in [3.8, 4) is 0 Å². The average molecular weight is 284 g/mol. The van der Waals surface area contributed by atoms with Gasteiger partial charge in [0.2, 0.25) is 0 Å². The number of hydrogen-bond acceptors (Lipinski definition) is 4. The largest absolute Gasteiger partial charge is 0.481 e. The molecule has 0 aromatic carbocycles. The number of fused-ring (bicyclic) bond motifs is 2. The van der Waals surface area contributed by atoms with Crippen molar-refractivity contribution in [3.63, 3.8) is 0 Å². The maximum Gasteiger partial charge on any atom is 0.311 e. The van der Waals surface area contributed by atoms with Gasteiger partial charge in [0, 0.05) is 0 Å². The Balaban J connectivity index is 2.53. The molecule has 1 saturated carbocycles. The molecule has 108 valence electrons. The molecule has 4 atom stereocenters. The Hall–Kier alpha value is -2.38. The number of hydrogen-bond donors (Lipinski definition) is 4. The molecule has 4 N–H and O–H groups in total. The molecule has 0 radical (unpaired) electrons. The van der Waals surface area contributed by atoms with E-state index in [4.69, 9.17) is 15.3 Å².